The van der Waals surface area contributed by atoms with Crippen molar-refractivity contribution in [3.63, 3.8) is 0 Å². The lowest BCUT2D eigenvalue weighted by molar-refractivity contribution is 0.00232. The van der Waals surface area contributed by atoms with E-state index >= 15 is 0 Å². The van der Waals surface area contributed by atoms with Crippen molar-refractivity contribution in [2.45, 2.75) is 38.5 Å². The molecular formula is C28H33ClN4O3. The first-order chi connectivity index (χ1) is 17.4. The lowest BCUT2D eigenvalue weighted by atomic mass is 9.86. The number of ether oxygens (including phenoxy) is 2. The molecule has 0 bridgehead atoms. The number of rotatable bonds is 4. The third-order valence-electron chi connectivity index (χ3n) is 8.10. The molecule has 3 aromatic heterocycles. The van der Waals surface area contributed by atoms with Gasteiger partial charge in [-0.05, 0) is 42.8 Å². The van der Waals surface area contributed by atoms with Gasteiger partial charge in [0, 0.05) is 67.9 Å². The number of pyridine rings is 2. The Kier molecular flexibility index (Phi) is 6.09. The fourth-order valence-corrected chi connectivity index (χ4v) is 5.99. The van der Waals surface area contributed by atoms with Crippen molar-refractivity contribution < 1.29 is 14.6 Å². The first-order valence-electron chi connectivity index (χ1n) is 12.7. The molecule has 7 nitrogen and oxygen atoms in total. The summed E-state index contributed by atoms with van der Waals surface area (Å²) < 4.78 is 13.6. The second-order valence-corrected chi connectivity index (χ2v) is 10.7. The normalized spacial score (nSPS) is 21.8. The minimum Gasteiger partial charge on any atom is -0.495 e. The molecule has 6 rings (SSSR count). The van der Waals surface area contributed by atoms with Crippen LogP contribution >= 0.6 is 11.6 Å². The third kappa shape index (κ3) is 3.94. The van der Waals surface area contributed by atoms with E-state index in [9.17, 15) is 5.11 Å². The molecule has 1 N–H and O–H groups in total. The van der Waals surface area contributed by atoms with Gasteiger partial charge < -0.3 is 23.9 Å². The van der Waals surface area contributed by atoms with Gasteiger partial charge in [-0.15, -0.1) is 0 Å². The third-order valence-corrected chi connectivity index (χ3v) is 8.40. The monoisotopic (exact) mass is 508 g/mol. The summed E-state index contributed by atoms with van der Waals surface area (Å²) in [6.45, 7) is 8.07. The zero-order chi connectivity index (χ0) is 25.0. The maximum Gasteiger partial charge on any atom is 0.138 e. The molecule has 1 saturated heterocycles. The van der Waals surface area contributed by atoms with E-state index in [1.54, 1.807) is 7.11 Å². The molecule has 0 amide bonds. The average molecular weight is 509 g/mol. The van der Waals surface area contributed by atoms with Gasteiger partial charge in [0.1, 0.15) is 5.75 Å². The quantitative estimate of drug-likeness (QED) is 0.436. The maximum atomic E-state index is 11.5. The molecule has 2 aliphatic heterocycles. The van der Waals surface area contributed by atoms with Gasteiger partial charge >= 0.3 is 0 Å². The van der Waals surface area contributed by atoms with Crippen LogP contribution < -0.4 is 4.74 Å². The van der Waals surface area contributed by atoms with Gasteiger partial charge in [-0.1, -0.05) is 18.5 Å². The van der Waals surface area contributed by atoms with E-state index in [1.165, 1.54) is 5.56 Å². The van der Waals surface area contributed by atoms with Gasteiger partial charge in [-0.3, -0.25) is 4.90 Å². The first-order valence-corrected chi connectivity index (χ1v) is 13.1. The van der Waals surface area contributed by atoms with E-state index in [2.05, 4.69) is 39.7 Å². The van der Waals surface area contributed by atoms with Gasteiger partial charge in [-0.25, -0.2) is 4.98 Å². The molecule has 0 spiro atoms. The molecule has 2 aliphatic rings. The molecule has 5 heterocycles. The van der Waals surface area contributed by atoms with Crippen molar-refractivity contribution in [3.8, 4) is 5.75 Å². The molecule has 1 fully saturated rings. The maximum absolute atomic E-state index is 11.5. The summed E-state index contributed by atoms with van der Waals surface area (Å²) in [6.07, 6.45) is 5.51. The standard InChI is InChI=1S/C28H33ClN4O3/c1-4-28(34)5-10-36-17-18-14-33-16-21-20(15-32-8-6-31(2)7-9-32)19-11-26(35-3)23(29)13-24(19)30-27(21)25(33)12-22(18)28/h11-14,16,34H,4-10,15,17H2,1-3H3. The molecule has 0 saturated carbocycles. The summed E-state index contributed by atoms with van der Waals surface area (Å²) in [5.41, 5.74) is 5.08. The number of fused-ring (bicyclic) bond motifs is 5. The molecule has 0 radical (unpaired) electrons. The average Bonchev–Trinajstić information content (AvgIpc) is 3.14. The van der Waals surface area contributed by atoms with Crippen LogP contribution in [0.2, 0.25) is 5.02 Å². The van der Waals surface area contributed by atoms with Crippen molar-refractivity contribution in [1.29, 1.82) is 0 Å². The van der Waals surface area contributed by atoms with E-state index in [4.69, 9.17) is 26.1 Å². The first kappa shape index (κ1) is 23.9. The lowest BCUT2D eigenvalue weighted by Crippen LogP contribution is -2.43. The predicted octanol–water partition coefficient (Wildman–Crippen LogP) is 4.57. The number of hydrogen-bond donors (Lipinski definition) is 1. The highest BCUT2D eigenvalue weighted by atomic mass is 35.5. The van der Waals surface area contributed by atoms with Crippen molar-refractivity contribution >= 4 is 38.9 Å². The molecule has 1 aromatic carbocycles. The minimum atomic E-state index is -0.902. The smallest absolute Gasteiger partial charge is 0.138 e. The van der Waals surface area contributed by atoms with Gasteiger partial charge in [0.05, 0.1) is 47.5 Å². The summed E-state index contributed by atoms with van der Waals surface area (Å²) in [6, 6.07) is 6.06. The van der Waals surface area contributed by atoms with Crippen molar-refractivity contribution in [3.05, 3.63) is 52.3 Å². The Bertz CT molecular complexity index is 1460. The van der Waals surface area contributed by atoms with Gasteiger partial charge in [0.2, 0.25) is 0 Å². The highest BCUT2D eigenvalue weighted by Gasteiger charge is 2.32. The molecular weight excluding hydrogens is 476 g/mol. The topological polar surface area (TPSA) is 62.5 Å². The molecule has 1 atom stereocenters. The van der Waals surface area contributed by atoms with E-state index < -0.39 is 5.60 Å². The zero-order valence-electron chi connectivity index (χ0n) is 21.2. The van der Waals surface area contributed by atoms with E-state index in [-0.39, 0.29) is 0 Å². The number of hydrogen-bond acceptors (Lipinski definition) is 6. The molecule has 1 unspecified atom stereocenters. The Balaban J connectivity index is 1.61. The van der Waals surface area contributed by atoms with Crippen LogP contribution in [0.5, 0.6) is 5.75 Å². The number of nitrogens with zero attached hydrogens (tertiary/aromatic N) is 4. The molecule has 190 valence electrons. The fraction of sp³-hybridized carbons (Fsp3) is 0.464. The van der Waals surface area contributed by atoms with Crippen LogP contribution in [0.4, 0.5) is 0 Å². The molecule has 36 heavy (non-hydrogen) atoms. The van der Waals surface area contributed by atoms with Crippen LogP contribution in [0.25, 0.3) is 27.3 Å². The van der Waals surface area contributed by atoms with Crippen LogP contribution in [0, 0.1) is 0 Å². The number of methoxy groups -OCH3 is 1. The van der Waals surface area contributed by atoms with E-state index in [1.807, 2.05) is 19.1 Å². The lowest BCUT2D eigenvalue weighted by Gasteiger charge is -2.32. The Morgan fingerprint density at radius 3 is 2.69 bits per heavy atom. The van der Waals surface area contributed by atoms with Crippen molar-refractivity contribution in [2.75, 3.05) is 46.9 Å². The largest absolute Gasteiger partial charge is 0.495 e. The molecule has 8 heteroatoms. The fourth-order valence-electron chi connectivity index (χ4n) is 5.76. The van der Waals surface area contributed by atoms with Crippen molar-refractivity contribution in [2.24, 2.45) is 0 Å². The Morgan fingerprint density at radius 2 is 1.94 bits per heavy atom. The van der Waals surface area contributed by atoms with Crippen LogP contribution in [0.15, 0.2) is 30.6 Å². The number of piperazine rings is 1. The number of aromatic nitrogens is 2. The second-order valence-electron chi connectivity index (χ2n) is 10.3. The Labute approximate surface area is 216 Å². The Hall–Kier alpha value is -2.42. The molecule has 0 aliphatic carbocycles. The van der Waals surface area contributed by atoms with E-state index in [0.717, 1.165) is 71.2 Å². The zero-order valence-corrected chi connectivity index (χ0v) is 21.9. The van der Waals surface area contributed by atoms with Gasteiger partial charge in [0.15, 0.2) is 0 Å². The van der Waals surface area contributed by atoms with Crippen LogP contribution in [0.1, 0.15) is 36.5 Å². The summed E-state index contributed by atoms with van der Waals surface area (Å²) in [5.74, 6) is 0.658. The molecule has 4 aromatic rings. The summed E-state index contributed by atoms with van der Waals surface area (Å²) in [7, 11) is 3.83. The highest BCUT2D eigenvalue weighted by Crippen LogP contribution is 2.39. The van der Waals surface area contributed by atoms with Crippen LogP contribution in [0.3, 0.4) is 0 Å². The van der Waals surface area contributed by atoms with E-state index in [0.29, 0.717) is 36.8 Å². The predicted molar refractivity (Wildman–Crippen MR) is 143 cm³/mol. The SMILES string of the molecule is CCC1(O)CCOCc2cn3cc4c(CN5CCN(C)CC5)c5cc(OC)c(Cl)cc5nc4c3cc21. The van der Waals surface area contributed by atoms with Gasteiger partial charge in [-0.2, -0.15) is 0 Å². The minimum absolute atomic E-state index is 0.498. The van der Waals surface area contributed by atoms with Crippen LogP contribution in [-0.4, -0.2) is 71.2 Å². The summed E-state index contributed by atoms with van der Waals surface area (Å²) >= 11 is 6.54. The second kappa shape index (κ2) is 9.15. The van der Waals surface area contributed by atoms with Gasteiger partial charge in [0.25, 0.3) is 0 Å². The number of halogens is 1. The number of benzene rings is 1. The highest BCUT2D eigenvalue weighted by molar-refractivity contribution is 6.33. The Morgan fingerprint density at radius 1 is 1.14 bits per heavy atom. The van der Waals surface area contributed by atoms with Crippen LogP contribution in [-0.2, 0) is 23.5 Å². The number of likely N-dealkylation sites (N-methyl/N-ethyl adjacent to an activating group) is 1. The summed E-state index contributed by atoms with van der Waals surface area (Å²) in [5, 5.41) is 14.2. The summed E-state index contributed by atoms with van der Waals surface area (Å²) in [4.78, 5) is 10.00. The number of aliphatic hydroxyl groups is 1. The van der Waals surface area contributed by atoms with Crippen molar-refractivity contribution in [1.82, 2.24) is 19.2 Å².